The summed E-state index contributed by atoms with van der Waals surface area (Å²) >= 11 is 0. The van der Waals surface area contributed by atoms with Crippen LogP contribution in [0.5, 0.6) is 0 Å². The zero-order valence-corrected chi connectivity index (χ0v) is 19.4. The Morgan fingerprint density at radius 2 is 1.76 bits per heavy atom. The Balaban J connectivity index is 1.42. The first-order chi connectivity index (χ1) is 16.4. The maximum atomic E-state index is 13.0. The molecule has 1 aliphatic carbocycles. The summed E-state index contributed by atoms with van der Waals surface area (Å²) in [6.07, 6.45) is 3.89. The number of rotatable bonds is 10. The van der Waals surface area contributed by atoms with Crippen LogP contribution in [0, 0.1) is 11.8 Å². The van der Waals surface area contributed by atoms with Gasteiger partial charge in [0.05, 0.1) is 12.6 Å². The number of hydrogen-bond acceptors (Lipinski definition) is 6. The fourth-order valence-electron chi connectivity index (χ4n) is 4.64. The number of hydrogen-bond donors (Lipinski definition) is 5. The summed E-state index contributed by atoms with van der Waals surface area (Å²) in [5.41, 5.74) is 7.87. The molecule has 1 atom stereocenters. The first kappa shape index (κ1) is 25.6. The van der Waals surface area contributed by atoms with Crippen molar-refractivity contribution in [3.8, 4) is 0 Å². The Labute approximate surface area is 199 Å². The third-order valence-corrected chi connectivity index (χ3v) is 6.70. The van der Waals surface area contributed by atoms with E-state index >= 15 is 0 Å². The van der Waals surface area contributed by atoms with E-state index in [0.29, 0.717) is 25.4 Å². The molecule has 1 aliphatic heterocycles. The van der Waals surface area contributed by atoms with Gasteiger partial charge in [0, 0.05) is 25.6 Å². The van der Waals surface area contributed by atoms with Gasteiger partial charge in [-0.25, -0.2) is 0 Å². The lowest BCUT2D eigenvalue weighted by molar-refractivity contribution is -0.145. The van der Waals surface area contributed by atoms with Crippen molar-refractivity contribution in [3.63, 3.8) is 0 Å². The van der Waals surface area contributed by atoms with Crippen LogP contribution >= 0.6 is 0 Å². The fourth-order valence-corrected chi connectivity index (χ4v) is 4.64. The number of carbonyl (C=O) groups is 4. The summed E-state index contributed by atoms with van der Waals surface area (Å²) < 4.78 is 0. The molecule has 3 rings (SSSR count). The smallest absolute Gasteiger partial charge is 0.323 e. The van der Waals surface area contributed by atoms with Crippen molar-refractivity contribution >= 4 is 23.7 Å². The second kappa shape index (κ2) is 12.5. The van der Waals surface area contributed by atoms with E-state index < -0.39 is 18.6 Å². The topological polar surface area (TPSA) is 154 Å². The second-order valence-electron chi connectivity index (χ2n) is 9.08. The molecule has 0 saturated heterocycles. The molecule has 1 aromatic carbocycles. The van der Waals surface area contributed by atoms with Crippen molar-refractivity contribution in [2.75, 3.05) is 32.7 Å². The van der Waals surface area contributed by atoms with Crippen molar-refractivity contribution in [3.05, 3.63) is 35.4 Å². The predicted octanol–water partition coefficient (Wildman–Crippen LogP) is -0.388. The molecule has 10 nitrogen and oxygen atoms in total. The minimum Gasteiger partial charge on any atom is -0.480 e. The van der Waals surface area contributed by atoms with Crippen LogP contribution < -0.4 is 21.7 Å². The van der Waals surface area contributed by atoms with Gasteiger partial charge in [-0.2, -0.15) is 0 Å². The minimum absolute atomic E-state index is 0.0632. The van der Waals surface area contributed by atoms with Crippen LogP contribution in [0.15, 0.2) is 24.3 Å². The Morgan fingerprint density at radius 1 is 1.06 bits per heavy atom. The molecule has 1 aromatic rings. The van der Waals surface area contributed by atoms with Crippen molar-refractivity contribution in [2.24, 2.45) is 17.6 Å². The maximum absolute atomic E-state index is 13.0. The number of nitrogens with one attached hydrogen (secondary N) is 3. The Hall–Kier alpha value is -2.98. The zero-order chi connectivity index (χ0) is 24.5. The molecule has 3 amide bonds. The number of benzene rings is 1. The van der Waals surface area contributed by atoms with Gasteiger partial charge in [0.15, 0.2) is 0 Å². The third kappa shape index (κ3) is 7.26. The highest BCUT2D eigenvalue weighted by atomic mass is 16.4. The average Bonchev–Trinajstić information content (AvgIpc) is 2.85. The molecular weight excluding hydrogens is 438 g/mol. The molecule has 10 heteroatoms. The number of fused-ring (bicyclic) bond motifs is 1. The molecule has 1 fully saturated rings. The molecule has 0 bridgehead atoms. The molecule has 2 aliphatic rings. The van der Waals surface area contributed by atoms with Gasteiger partial charge < -0.3 is 31.7 Å². The monoisotopic (exact) mass is 473 g/mol. The van der Waals surface area contributed by atoms with Crippen LogP contribution in [0.1, 0.15) is 36.8 Å². The van der Waals surface area contributed by atoms with Crippen molar-refractivity contribution in [2.45, 2.75) is 44.7 Å². The van der Waals surface area contributed by atoms with Crippen LogP contribution in [-0.2, 0) is 32.1 Å². The third-order valence-electron chi connectivity index (χ3n) is 6.70. The lowest BCUT2D eigenvalue weighted by Gasteiger charge is -2.30. The highest BCUT2D eigenvalue weighted by Crippen LogP contribution is 2.28. The fraction of sp³-hybridized carbons (Fsp3) is 0.583. The molecule has 34 heavy (non-hydrogen) atoms. The first-order valence-corrected chi connectivity index (χ1v) is 11.9. The van der Waals surface area contributed by atoms with Crippen molar-refractivity contribution in [1.82, 2.24) is 20.9 Å². The lowest BCUT2D eigenvalue weighted by atomic mass is 9.81. The lowest BCUT2D eigenvalue weighted by Crippen LogP contribution is -2.52. The molecular formula is C24H35N5O5. The molecule has 186 valence electrons. The van der Waals surface area contributed by atoms with Crippen LogP contribution in [-0.4, -0.2) is 72.5 Å². The average molecular weight is 474 g/mol. The van der Waals surface area contributed by atoms with Crippen LogP contribution in [0.25, 0.3) is 0 Å². The maximum Gasteiger partial charge on any atom is 0.323 e. The highest BCUT2D eigenvalue weighted by Gasteiger charge is 2.29. The van der Waals surface area contributed by atoms with Gasteiger partial charge in [-0.1, -0.05) is 24.3 Å². The standard InChI is InChI=1S/C24H35N5O5/c25-12-16-5-7-17(8-6-16)23(33)28-14-21(30)26-9-10-29(15-22(31)32)24(34)20-11-18-3-1-2-4-19(18)13-27-20/h1-4,16-17,20,27H,5-15,25H2,(H,26,30)(H,28,33)(H,31,32)/t16-,17-,20?. The van der Waals surface area contributed by atoms with E-state index in [-0.39, 0.29) is 43.3 Å². The van der Waals surface area contributed by atoms with E-state index in [0.717, 1.165) is 36.8 Å². The van der Waals surface area contributed by atoms with Gasteiger partial charge >= 0.3 is 5.97 Å². The summed E-state index contributed by atoms with van der Waals surface area (Å²) in [5, 5.41) is 17.7. The molecule has 1 saturated carbocycles. The summed E-state index contributed by atoms with van der Waals surface area (Å²) in [7, 11) is 0. The van der Waals surface area contributed by atoms with Gasteiger partial charge in [-0.05, 0) is 55.7 Å². The van der Waals surface area contributed by atoms with Crippen LogP contribution in [0.3, 0.4) is 0 Å². The van der Waals surface area contributed by atoms with Crippen molar-refractivity contribution in [1.29, 1.82) is 0 Å². The van der Waals surface area contributed by atoms with E-state index in [2.05, 4.69) is 16.0 Å². The predicted molar refractivity (Wildman–Crippen MR) is 126 cm³/mol. The SMILES string of the molecule is NC[C@H]1CC[C@H](C(=O)NCC(=O)NCCN(CC(=O)O)C(=O)C2Cc3ccccc3CN2)CC1. The number of aliphatic carboxylic acids is 1. The Morgan fingerprint density at radius 3 is 2.44 bits per heavy atom. The Bertz CT molecular complexity index is 884. The number of carbonyl (C=O) groups excluding carboxylic acids is 3. The molecule has 0 aromatic heterocycles. The van der Waals surface area contributed by atoms with Gasteiger partial charge in [0.25, 0.3) is 0 Å². The number of carboxylic acids is 1. The van der Waals surface area contributed by atoms with E-state index in [1.807, 2.05) is 24.3 Å². The van der Waals surface area contributed by atoms with Gasteiger partial charge in [-0.15, -0.1) is 0 Å². The molecule has 0 spiro atoms. The molecule has 6 N–H and O–H groups in total. The second-order valence-corrected chi connectivity index (χ2v) is 9.08. The molecule has 1 unspecified atom stereocenters. The van der Waals surface area contributed by atoms with Crippen LogP contribution in [0.4, 0.5) is 0 Å². The van der Waals surface area contributed by atoms with Gasteiger partial charge in [-0.3, -0.25) is 19.2 Å². The van der Waals surface area contributed by atoms with Crippen LogP contribution in [0.2, 0.25) is 0 Å². The summed E-state index contributed by atoms with van der Waals surface area (Å²) in [5.74, 6) is -1.55. The zero-order valence-electron chi connectivity index (χ0n) is 19.4. The van der Waals surface area contributed by atoms with Gasteiger partial charge in [0.2, 0.25) is 17.7 Å². The van der Waals surface area contributed by atoms with Gasteiger partial charge in [0.1, 0.15) is 6.54 Å². The molecule has 0 radical (unpaired) electrons. The summed E-state index contributed by atoms with van der Waals surface area (Å²) in [4.78, 5) is 50.0. The van der Waals surface area contributed by atoms with Crippen molar-refractivity contribution < 1.29 is 24.3 Å². The number of nitrogens with zero attached hydrogens (tertiary/aromatic N) is 1. The largest absolute Gasteiger partial charge is 0.480 e. The summed E-state index contributed by atoms with van der Waals surface area (Å²) in [6.45, 7) is 0.743. The number of amides is 3. The highest BCUT2D eigenvalue weighted by molar-refractivity contribution is 5.87. The number of carboxylic acid groups (broad SMARTS) is 1. The quantitative estimate of drug-likeness (QED) is 0.310. The van der Waals surface area contributed by atoms with E-state index in [9.17, 15) is 24.3 Å². The minimum atomic E-state index is -1.12. The normalized spacial score (nSPS) is 21.7. The van der Waals surface area contributed by atoms with E-state index in [1.54, 1.807) is 0 Å². The summed E-state index contributed by atoms with van der Waals surface area (Å²) in [6, 6.07) is 7.31. The Kier molecular flexibility index (Phi) is 9.41. The first-order valence-electron chi connectivity index (χ1n) is 11.9. The van der Waals surface area contributed by atoms with E-state index in [1.165, 1.54) is 4.90 Å². The number of nitrogens with two attached hydrogens (primary N) is 1. The molecule has 1 heterocycles. The van der Waals surface area contributed by atoms with E-state index in [4.69, 9.17) is 5.73 Å².